The summed E-state index contributed by atoms with van der Waals surface area (Å²) in [5, 5.41) is 8.90. The largest absolute Gasteiger partial charge is 0.391 e. The fraction of sp³-hybridized carbons (Fsp3) is 0.867. The number of alkyl halides is 3. The van der Waals surface area contributed by atoms with Crippen molar-refractivity contribution in [3.05, 3.63) is 0 Å². The normalized spacial score (nSPS) is 27.3. The molecule has 2 aliphatic rings. The number of rotatable bonds is 3. The second-order valence-electron chi connectivity index (χ2n) is 6.16. The van der Waals surface area contributed by atoms with Gasteiger partial charge in [-0.15, -0.1) is 0 Å². The lowest BCUT2D eigenvalue weighted by molar-refractivity contribution is -0.187. The smallest absolute Gasteiger partial charge is 0.326 e. The predicted octanol–water partition coefficient (Wildman–Crippen LogP) is 3.65. The molecule has 0 bridgehead atoms. The molecule has 0 radical (unpaired) electrons. The Morgan fingerprint density at radius 3 is 2.38 bits per heavy atom. The highest BCUT2D eigenvalue weighted by Gasteiger charge is 2.44. The van der Waals surface area contributed by atoms with Crippen LogP contribution < -0.4 is 0 Å². The van der Waals surface area contributed by atoms with Gasteiger partial charge in [-0.3, -0.25) is 4.79 Å². The van der Waals surface area contributed by atoms with E-state index in [9.17, 15) is 18.0 Å². The molecule has 0 saturated heterocycles. The lowest BCUT2D eigenvalue weighted by Crippen LogP contribution is -2.44. The molecule has 2 unspecified atom stereocenters. The Morgan fingerprint density at radius 2 is 1.81 bits per heavy atom. The van der Waals surface area contributed by atoms with Gasteiger partial charge in [-0.1, -0.05) is 19.3 Å². The van der Waals surface area contributed by atoms with E-state index in [1.54, 1.807) is 0 Å². The van der Waals surface area contributed by atoms with Crippen molar-refractivity contribution in [1.82, 2.24) is 4.90 Å². The zero-order valence-corrected chi connectivity index (χ0v) is 12.0. The van der Waals surface area contributed by atoms with Crippen molar-refractivity contribution in [1.29, 1.82) is 5.26 Å². The average molecular weight is 302 g/mol. The maximum Gasteiger partial charge on any atom is 0.391 e. The molecule has 0 aliphatic heterocycles. The van der Waals surface area contributed by atoms with Crippen LogP contribution in [0.2, 0.25) is 0 Å². The summed E-state index contributed by atoms with van der Waals surface area (Å²) in [5.74, 6) is -2.18. The van der Waals surface area contributed by atoms with E-state index in [1.807, 2.05) is 6.07 Å². The van der Waals surface area contributed by atoms with Crippen LogP contribution in [0.3, 0.4) is 0 Å². The maximum atomic E-state index is 12.9. The molecule has 21 heavy (non-hydrogen) atoms. The fourth-order valence-corrected chi connectivity index (χ4v) is 3.62. The highest BCUT2D eigenvalue weighted by molar-refractivity contribution is 5.79. The number of carbonyl (C=O) groups excluding carboxylic acids is 1. The van der Waals surface area contributed by atoms with Crippen molar-refractivity contribution in [2.45, 2.75) is 63.6 Å². The van der Waals surface area contributed by atoms with Crippen molar-refractivity contribution in [2.24, 2.45) is 11.8 Å². The molecule has 0 aromatic rings. The Labute approximate surface area is 123 Å². The Hall–Kier alpha value is -1.25. The minimum atomic E-state index is -4.22. The first kappa shape index (κ1) is 16.1. The molecule has 2 atom stereocenters. The molecule has 0 heterocycles. The molecule has 0 aromatic heterocycles. The van der Waals surface area contributed by atoms with Gasteiger partial charge >= 0.3 is 6.18 Å². The Balaban J connectivity index is 2.04. The Bertz CT molecular complexity index is 410. The minimum absolute atomic E-state index is 0.00329. The second kappa shape index (κ2) is 6.67. The Morgan fingerprint density at radius 1 is 1.14 bits per heavy atom. The quantitative estimate of drug-likeness (QED) is 0.747. The maximum absolute atomic E-state index is 12.9. The zero-order chi connectivity index (χ0) is 15.5. The number of hydrogen-bond acceptors (Lipinski definition) is 2. The van der Waals surface area contributed by atoms with E-state index in [0.29, 0.717) is 12.8 Å². The van der Waals surface area contributed by atoms with Crippen LogP contribution in [-0.2, 0) is 4.79 Å². The van der Waals surface area contributed by atoms with Crippen LogP contribution in [0.4, 0.5) is 13.2 Å². The molecule has 2 fully saturated rings. The van der Waals surface area contributed by atoms with Crippen molar-refractivity contribution >= 4 is 5.91 Å². The van der Waals surface area contributed by atoms with Crippen LogP contribution in [-0.4, -0.2) is 29.6 Å². The van der Waals surface area contributed by atoms with Gasteiger partial charge in [0.15, 0.2) is 0 Å². The van der Waals surface area contributed by atoms with Crippen LogP contribution in [0.25, 0.3) is 0 Å². The Kier molecular flexibility index (Phi) is 5.13. The third-order valence-corrected chi connectivity index (χ3v) is 4.78. The molecule has 1 amide bonds. The summed E-state index contributed by atoms with van der Waals surface area (Å²) in [6.07, 6.45) is 0.515. The van der Waals surface area contributed by atoms with E-state index in [2.05, 4.69) is 0 Å². The van der Waals surface area contributed by atoms with Crippen molar-refractivity contribution in [3.63, 3.8) is 0 Å². The first-order valence-electron chi connectivity index (χ1n) is 7.67. The van der Waals surface area contributed by atoms with E-state index in [1.165, 1.54) is 4.90 Å². The van der Waals surface area contributed by atoms with E-state index in [-0.39, 0.29) is 31.3 Å². The van der Waals surface area contributed by atoms with E-state index in [0.717, 1.165) is 25.7 Å². The lowest BCUT2D eigenvalue weighted by Gasteiger charge is -2.35. The molecular weight excluding hydrogens is 281 g/mol. The molecule has 2 rings (SSSR count). The summed E-state index contributed by atoms with van der Waals surface area (Å²) in [6.45, 7) is -0.00329. The van der Waals surface area contributed by atoms with Crippen molar-refractivity contribution in [2.75, 3.05) is 6.54 Å². The first-order chi connectivity index (χ1) is 9.93. The number of amides is 1. The van der Waals surface area contributed by atoms with Gasteiger partial charge in [-0.25, -0.2) is 0 Å². The summed E-state index contributed by atoms with van der Waals surface area (Å²) >= 11 is 0. The predicted molar refractivity (Wildman–Crippen MR) is 71.1 cm³/mol. The van der Waals surface area contributed by atoms with Gasteiger partial charge in [0.2, 0.25) is 5.91 Å². The number of nitriles is 1. The second-order valence-corrected chi connectivity index (χ2v) is 6.16. The standard InChI is InChI=1S/C15H21F3N2O/c16-15(17,18)12-5-3-4-11(10-12)14(21)20(9-8-19)13-6-1-2-7-13/h11-13H,1-7,9-10H2. The monoisotopic (exact) mass is 302 g/mol. The molecule has 0 aromatic carbocycles. The van der Waals surface area contributed by atoms with E-state index < -0.39 is 18.0 Å². The first-order valence-corrected chi connectivity index (χ1v) is 7.67. The summed E-state index contributed by atoms with van der Waals surface area (Å²) in [6, 6.07) is 2.03. The summed E-state index contributed by atoms with van der Waals surface area (Å²) in [7, 11) is 0. The number of nitrogens with zero attached hydrogens (tertiary/aromatic N) is 2. The minimum Gasteiger partial charge on any atom is -0.326 e. The highest BCUT2D eigenvalue weighted by Crippen LogP contribution is 2.41. The topological polar surface area (TPSA) is 44.1 Å². The van der Waals surface area contributed by atoms with Gasteiger partial charge in [0, 0.05) is 12.0 Å². The van der Waals surface area contributed by atoms with Crippen LogP contribution >= 0.6 is 0 Å². The zero-order valence-electron chi connectivity index (χ0n) is 12.0. The van der Waals surface area contributed by atoms with Gasteiger partial charge in [0.1, 0.15) is 6.54 Å². The number of carbonyl (C=O) groups is 1. The van der Waals surface area contributed by atoms with Gasteiger partial charge in [0.05, 0.1) is 12.0 Å². The van der Waals surface area contributed by atoms with Gasteiger partial charge in [-0.05, 0) is 32.1 Å². The molecule has 0 N–H and O–H groups in total. The molecule has 3 nitrogen and oxygen atoms in total. The lowest BCUT2D eigenvalue weighted by atomic mass is 9.80. The van der Waals surface area contributed by atoms with Gasteiger partial charge in [0.25, 0.3) is 0 Å². The van der Waals surface area contributed by atoms with Crippen molar-refractivity contribution < 1.29 is 18.0 Å². The summed E-state index contributed by atoms with van der Waals surface area (Å²) < 4.78 is 38.6. The fourth-order valence-electron chi connectivity index (χ4n) is 3.62. The third-order valence-electron chi connectivity index (χ3n) is 4.78. The average Bonchev–Trinajstić information content (AvgIpc) is 2.97. The van der Waals surface area contributed by atoms with Crippen LogP contribution in [0, 0.1) is 23.2 Å². The van der Waals surface area contributed by atoms with Crippen molar-refractivity contribution in [3.8, 4) is 6.07 Å². The van der Waals surface area contributed by atoms with Gasteiger partial charge in [-0.2, -0.15) is 18.4 Å². The molecular formula is C15H21F3N2O. The highest BCUT2D eigenvalue weighted by atomic mass is 19.4. The molecule has 0 spiro atoms. The number of hydrogen-bond donors (Lipinski definition) is 0. The van der Waals surface area contributed by atoms with Gasteiger partial charge < -0.3 is 4.90 Å². The van der Waals surface area contributed by atoms with Crippen LogP contribution in [0.5, 0.6) is 0 Å². The molecule has 6 heteroatoms. The SMILES string of the molecule is N#CCN(C(=O)C1CCCC(C(F)(F)F)C1)C1CCCC1. The van der Waals surface area contributed by atoms with Crippen LogP contribution in [0.15, 0.2) is 0 Å². The number of halogens is 3. The molecule has 2 aliphatic carbocycles. The summed E-state index contributed by atoms with van der Waals surface area (Å²) in [4.78, 5) is 14.1. The van der Waals surface area contributed by atoms with E-state index in [4.69, 9.17) is 5.26 Å². The molecule has 2 saturated carbocycles. The molecule has 118 valence electrons. The summed E-state index contributed by atoms with van der Waals surface area (Å²) in [5.41, 5.74) is 0. The van der Waals surface area contributed by atoms with Crippen LogP contribution in [0.1, 0.15) is 51.4 Å². The van der Waals surface area contributed by atoms with E-state index >= 15 is 0 Å². The third kappa shape index (κ3) is 3.90.